The molecule has 0 saturated carbocycles. The second kappa shape index (κ2) is 9.96. The summed E-state index contributed by atoms with van der Waals surface area (Å²) in [5.74, 6) is -3.96. The van der Waals surface area contributed by atoms with E-state index < -0.39 is 35.8 Å². The lowest BCUT2D eigenvalue weighted by molar-refractivity contribution is -0.151. The lowest BCUT2D eigenvalue weighted by Gasteiger charge is -2.38. The molecule has 0 bridgehead atoms. The molecular weight excluding hydrogens is 500 g/mol. The molecule has 3 amide bonds. The van der Waals surface area contributed by atoms with Crippen molar-refractivity contribution in [1.29, 1.82) is 0 Å². The molecule has 2 aromatic rings. The van der Waals surface area contributed by atoms with Crippen LogP contribution in [-0.4, -0.2) is 40.1 Å². The van der Waals surface area contributed by atoms with Gasteiger partial charge in [0, 0.05) is 6.92 Å². The van der Waals surface area contributed by atoms with Gasteiger partial charge < -0.3 is 10.1 Å². The summed E-state index contributed by atoms with van der Waals surface area (Å²) in [5, 5.41) is 5.26. The smallest absolute Gasteiger partial charge is 0.304 e. The van der Waals surface area contributed by atoms with Crippen molar-refractivity contribution in [3.8, 4) is 0 Å². The fourth-order valence-corrected chi connectivity index (χ4v) is 4.41. The van der Waals surface area contributed by atoms with E-state index in [1.165, 1.54) is 22.8 Å². The van der Waals surface area contributed by atoms with Crippen molar-refractivity contribution in [1.82, 2.24) is 10.6 Å². The SMILES string of the molecule is CC(=O)O[C@@H]1NC(=S)N(c2ccc(C)cc2)C(=O)[C@H]1/C=C1/C(=O)NC(=S)N(c2ccc(C)cc2)C1=O. The first kappa shape index (κ1) is 25.1. The molecule has 0 spiro atoms. The van der Waals surface area contributed by atoms with Crippen LogP contribution in [0.4, 0.5) is 11.4 Å². The van der Waals surface area contributed by atoms with Crippen LogP contribution in [0.2, 0.25) is 0 Å². The van der Waals surface area contributed by atoms with Gasteiger partial charge in [0.2, 0.25) is 5.91 Å². The zero-order valence-corrected chi connectivity index (χ0v) is 21.2. The van der Waals surface area contributed by atoms with Crippen LogP contribution in [0, 0.1) is 19.8 Å². The van der Waals surface area contributed by atoms with E-state index in [2.05, 4.69) is 10.6 Å². The van der Waals surface area contributed by atoms with Gasteiger partial charge in [0.1, 0.15) is 11.5 Å². The van der Waals surface area contributed by atoms with Crippen LogP contribution in [0.3, 0.4) is 0 Å². The molecule has 36 heavy (non-hydrogen) atoms. The van der Waals surface area contributed by atoms with E-state index in [0.717, 1.165) is 11.1 Å². The van der Waals surface area contributed by atoms with Gasteiger partial charge >= 0.3 is 5.97 Å². The zero-order valence-electron chi connectivity index (χ0n) is 19.6. The summed E-state index contributed by atoms with van der Waals surface area (Å²) in [6.07, 6.45) is -0.0361. The molecule has 11 heteroatoms. The molecule has 184 valence electrons. The highest BCUT2D eigenvalue weighted by atomic mass is 32.1. The molecule has 4 rings (SSSR count). The molecule has 2 aliphatic rings. The van der Waals surface area contributed by atoms with Crippen molar-refractivity contribution in [2.45, 2.75) is 27.0 Å². The number of rotatable bonds is 4. The highest BCUT2D eigenvalue weighted by Crippen LogP contribution is 2.28. The van der Waals surface area contributed by atoms with Gasteiger partial charge in [-0.05, 0) is 68.6 Å². The van der Waals surface area contributed by atoms with Crippen LogP contribution in [0.5, 0.6) is 0 Å². The Morgan fingerprint density at radius 2 is 1.42 bits per heavy atom. The highest BCUT2D eigenvalue weighted by molar-refractivity contribution is 7.80. The number of nitrogens with zero attached hydrogens (tertiary/aromatic N) is 2. The predicted molar refractivity (Wildman–Crippen MR) is 141 cm³/mol. The largest absolute Gasteiger partial charge is 0.441 e. The van der Waals surface area contributed by atoms with Gasteiger partial charge in [-0.2, -0.15) is 0 Å². The van der Waals surface area contributed by atoms with Crippen LogP contribution in [0.1, 0.15) is 18.1 Å². The number of carbonyl (C=O) groups is 4. The molecule has 2 aliphatic heterocycles. The quantitative estimate of drug-likeness (QED) is 0.273. The number of thiocarbonyl (C=S) groups is 2. The van der Waals surface area contributed by atoms with Crippen LogP contribution in [0.15, 0.2) is 60.2 Å². The molecule has 0 unspecified atom stereocenters. The fourth-order valence-electron chi connectivity index (χ4n) is 3.82. The third-order valence-corrected chi connectivity index (χ3v) is 6.21. The Morgan fingerprint density at radius 3 is 1.94 bits per heavy atom. The first-order chi connectivity index (χ1) is 17.1. The maximum Gasteiger partial charge on any atom is 0.304 e. The summed E-state index contributed by atoms with van der Waals surface area (Å²) in [4.78, 5) is 54.1. The molecule has 2 aromatic carbocycles. The number of hydrogen-bond donors (Lipinski definition) is 2. The van der Waals surface area contributed by atoms with E-state index in [0.29, 0.717) is 11.4 Å². The van der Waals surface area contributed by atoms with Gasteiger partial charge in [0.25, 0.3) is 11.8 Å². The van der Waals surface area contributed by atoms with E-state index in [9.17, 15) is 19.2 Å². The van der Waals surface area contributed by atoms with Gasteiger partial charge in [0.15, 0.2) is 16.5 Å². The third kappa shape index (κ3) is 4.88. The number of anilines is 2. The van der Waals surface area contributed by atoms with E-state index >= 15 is 0 Å². The van der Waals surface area contributed by atoms with Gasteiger partial charge in [-0.3, -0.25) is 34.3 Å². The number of benzene rings is 2. The lowest BCUT2D eigenvalue weighted by atomic mass is 9.97. The maximum atomic E-state index is 13.6. The molecule has 2 fully saturated rings. The standard InChI is InChI=1S/C25H22N4O5S2/c1-13-4-8-16(9-5-13)28-22(32)18(20(31)26-24(28)35)12-19-21(34-15(3)30)27-25(36)29(23(19)33)17-10-6-14(2)7-11-17/h4-12,19,21H,1-3H3,(H,27,36)(H,26,31,35)/b18-12-/t19-,21-/m0/s1. The first-order valence-electron chi connectivity index (χ1n) is 10.9. The van der Waals surface area contributed by atoms with Gasteiger partial charge in [-0.25, -0.2) is 0 Å². The van der Waals surface area contributed by atoms with Crippen molar-refractivity contribution in [3.63, 3.8) is 0 Å². The minimum Gasteiger partial charge on any atom is -0.441 e. The van der Waals surface area contributed by atoms with E-state index in [1.807, 2.05) is 26.0 Å². The van der Waals surface area contributed by atoms with E-state index in [1.54, 1.807) is 36.4 Å². The summed E-state index contributed by atoms with van der Waals surface area (Å²) in [6, 6.07) is 14.1. The molecular formula is C25H22N4O5S2. The van der Waals surface area contributed by atoms with Crippen LogP contribution < -0.4 is 20.4 Å². The Balaban J connectivity index is 1.75. The number of esters is 1. The van der Waals surface area contributed by atoms with Gasteiger partial charge in [-0.15, -0.1) is 0 Å². The Hall–Kier alpha value is -3.96. The lowest BCUT2D eigenvalue weighted by Crippen LogP contribution is -2.61. The molecule has 0 radical (unpaired) electrons. The maximum absolute atomic E-state index is 13.6. The number of carbonyl (C=O) groups excluding carboxylic acids is 4. The molecule has 2 saturated heterocycles. The number of hydrogen-bond acceptors (Lipinski definition) is 7. The minimum atomic E-state index is -1.24. The van der Waals surface area contributed by atoms with E-state index in [-0.39, 0.29) is 15.8 Å². The first-order valence-corrected chi connectivity index (χ1v) is 11.7. The Labute approximate surface area is 218 Å². The summed E-state index contributed by atoms with van der Waals surface area (Å²) >= 11 is 10.6. The van der Waals surface area contributed by atoms with Crippen LogP contribution in [-0.2, 0) is 23.9 Å². The van der Waals surface area contributed by atoms with Crippen LogP contribution >= 0.6 is 24.4 Å². The van der Waals surface area contributed by atoms with Gasteiger partial charge in [-0.1, -0.05) is 35.4 Å². The minimum absolute atomic E-state index is 0.0200. The summed E-state index contributed by atoms with van der Waals surface area (Å²) < 4.78 is 5.29. The number of nitrogens with one attached hydrogen (secondary N) is 2. The zero-order chi connectivity index (χ0) is 26.1. The number of amides is 3. The second-order valence-corrected chi connectivity index (χ2v) is 9.10. The normalized spacial score (nSPS) is 21.4. The summed E-state index contributed by atoms with van der Waals surface area (Å²) in [7, 11) is 0. The molecule has 2 heterocycles. The van der Waals surface area contributed by atoms with Crippen molar-refractivity contribution in [2.24, 2.45) is 5.92 Å². The predicted octanol–water partition coefficient (Wildman–Crippen LogP) is 2.40. The second-order valence-electron chi connectivity index (χ2n) is 8.33. The van der Waals surface area contributed by atoms with Crippen molar-refractivity contribution >= 4 is 69.7 Å². The fraction of sp³-hybridized carbons (Fsp3) is 0.200. The summed E-state index contributed by atoms with van der Waals surface area (Å²) in [6.45, 7) is 4.98. The number of aryl methyl sites for hydroxylation is 2. The topological polar surface area (TPSA) is 108 Å². The van der Waals surface area contributed by atoms with E-state index in [4.69, 9.17) is 29.2 Å². The van der Waals surface area contributed by atoms with Crippen molar-refractivity contribution in [3.05, 3.63) is 71.3 Å². The highest BCUT2D eigenvalue weighted by Gasteiger charge is 2.43. The molecule has 0 aliphatic carbocycles. The molecule has 2 atom stereocenters. The monoisotopic (exact) mass is 522 g/mol. The molecule has 9 nitrogen and oxygen atoms in total. The summed E-state index contributed by atoms with van der Waals surface area (Å²) in [5.41, 5.74) is 2.57. The average molecular weight is 523 g/mol. The average Bonchev–Trinajstić information content (AvgIpc) is 2.80. The molecule has 2 N–H and O–H groups in total. The van der Waals surface area contributed by atoms with Gasteiger partial charge in [0.05, 0.1) is 11.4 Å². The Bertz CT molecular complexity index is 1320. The third-order valence-electron chi connectivity index (χ3n) is 5.63. The van der Waals surface area contributed by atoms with Crippen molar-refractivity contribution in [2.75, 3.05) is 9.80 Å². The molecule has 0 aromatic heterocycles. The van der Waals surface area contributed by atoms with Crippen molar-refractivity contribution < 1.29 is 23.9 Å². The Morgan fingerprint density at radius 1 is 0.889 bits per heavy atom. The van der Waals surface area contributed by atoms with Crippen LogP contribution in [0.25, 0.3) is 0 Å². The number of ether oxygens (including phenoxy) is 1. The Kier molecular flexibility index (Phi) is 6.95.